The first-order valence-corrected chi connectivity index (χ1v) is 50.0. The zero-order valence-electron chi connectivity index (χ0n) is 91.2. The molecule has 125 heavy (non-hydrogen) atoms. The molecule has 14 heteroatoms. The molecule has 8 atom stereocenters. The first kappa shape index (κ1) is 151. The number of carbonyl (C=O) groups is 2. The molecule has 12 nitrogen and oxygen atoms in total. The second-order valence-corrected chi connectivity index (χ2v) is 35.9. The first-order valence-electron chi connectivity index (χ1n) is 47.9. The topological polar surface area (TPSA) is 181 Å². The van der Waals surface area contributed by atoms with Gasteiger partial charge in [0.2, 0.25) is 0 Å². The SMILES string of the molecule is C.C1CCOC1.C=C(C)CC.C=C(C)COC(C)(CC)CC/C=C(\C)CC.C=C(C)OC(C)(CC)CC/C=C(\C)CC.C=CC(C)(O)CC/C=C(\C)CC.CC(=O)OC(C)=O.CC/C(C)=C/CCC(C)(CC)OC.CC/C(C)=C/CCC(C)(O)CC.CC/C(C)=C/CCC(C)(O)CC.CC/C(C)=C/CCC(C)(O)CC.CC/C(C)=C/CCC(C)(O)CC.CI.[H-].[HH].[Na+]. The van der Waals surface area contributed by atoms with Crippen molar-refractivity contribution in [2.75, 3.05) is 31.9 Å². The standard InChI is InChI=1S/C15H28O.C14H26O.C12H24O.4C11H22O.C11H20O.C5H10.C4H6O3.C4H8O.CH3I.CH4.Na.H2.H/c1-7-14(5)10-9-11-15(6,8-2)16-12-13(3)4;1-7-13(5)10-9-11-14(6,8-2)15-12(3)4;1-6-11(3)9-8-10-12(4,7-2)13-5;5*1-5-10(3)8-7-9-11(4,12)6-2;1-4-5(2)3;1-3(5)7-4(2)6;1-2-4-5-3-1;1-2;;;;/h10H,3,7-9,11-12H2,1-2,4-6H3;10H,3,7-9,11H2,1-2,4-6H3;9H,6-8,10H2,1-5H3;4*8,12H,5-7,9H2,1-4H3;6,8,12H,2,5,7,9H2,1,3-4H3;2,4H2,1,3H3;1-2H3;1-4H2;1H3;1H4;;1H;/q;;;;;;;;;;;;;+1;;-1/b14-10+;13-10+;11-9+;5*10-8+;;;;;;;;. The summed E-state index contributed by atoms with van der Waals surface area (Å²) in [5.41, 5.74) is 11.3. The van der Waals surface area contributed by atoms with E-state index in [4.69, 9.17) is 18.9 Å². The van der Waals surface area contributed by atoms with E-state index < -0.39 is 39.9 Å². The third-order valence-electron chi connectivity index (χ3n) is 22.8. The van der Waals surface area contributed by atoms with Crippen molar-refractivity contribution in [3.8, 4) is 0 Å². The summed E-state index contributed by atoms with van der Waals surface area (Å²) < 4.78 is 26.1. The van der Waals surface area contributed by atoms with E-state index >= 15 is 0 Å². The number of hydrogen-bond acceptors (Lipinski definition) is 12. The van der Waals surface area contributed by atoms with Gasteiger partial charge >= 0.3 is 41.5 Å². The average Bonchev–Trinajstić information content (AvgIpc) is 1.07. The Bertz CT molecular complexity index is 2650. The average molecular weight is 1900 g/mol. The Morgan fingerprint density at radius 3 is 0.736 bits per heavy atom. The molecule has 1 heterocycles. The maximum absolute atomic E-state index is 9.81. The molecule has 1 aliphatic heterocycles. The minimum atomic E-state index is -0.704. The number of methoxy groups -OCH3 is 1. The summed E-state index contributed by atoms with van der Waals surface area (Å²) >= 11 is 2.15. The van der Waals surface area contributed by atoms with Gasteiger partial charge in [0, 0.05) is 35.6 Å². The van der Waals surface area contributed by atoms with Crippen LogP contribution in [0.5, 0.6) is 0 Å². The number of esters is 2. The van der Waals surface area contributed by atoms with Crippen LogP contribution in [0.4, 0.5) is 0 Å². The predicted octanol–water partition coefficient (Wildman–Crippen LogP) is 31.8. The molecule has 0 aromatic rings. The Balaban J connectivity index is -0.0000000840. The van der Waals surface area contributed by atoms with Gasteiger partial charge in [-0.1, -0.05) is 264 Å². The molecule has 8 unspecified atom stereocenters. The number of allylic oxidation sites excluding steroid dienone is 18. The van der Waals surface area contributed by atoms with Gasteiger partial charge in [0.1, 0.15) is 5.60 Å². The van der Waals surface area contributed by atoms with Crippen molar-refractivity contribution in [3.63, 3.8) is 0 Å². The van der Waals surface area contributed by atoms with Crippen LogP contribution in [0.15, 0.2) is 142 Å². The number of aliphatic hydroxyl groups is 5. The van der Waals surface area contributed by atoms with E-state index in [1.54, 1.807) is 20.1 Å². The van der Waals surface area contributed by atoms with Gasteiger partial charge < -0.3 is 50.6 Å². The summed E-state index contributed by atoms with van der Waals surface area (Å²) in [5.74, 6) is -0.310. The van der Waals surface area contributed by atoms with E-state index in [2.05, 4.69) is 261 Å². The normalized spacial score (nSPS) is 15.9. The van der Waals surface area contributed by atoms with Crippen molar-refractivity contribution in [2.24, 2.45) is 0 Å². The Labute approximate surface area is 820 Å². The summed E-state index contributed by atoms with van der Waals surface area (Å²) in [4.78, 5) is 21.6. The first-order chi connectivity index (χ1) is 56.9. The summed E-state index contributed by atoms with van der Waals surface area (Å²) in [6, 6.07) is 0. The minimum absolute atomic E-state index is 0. The smallest absolute Gasteiger partial charge is 1.00 e. The molecule has 0 spiro atoms. The summed E-state index contributed by atoms with van der Waals surface area (Å²) in [6.07, 6.45) is 54.7. The van der Waals surface area contributed by atoms with Crippen LogP contribution in [-0.2, 0) is 33.3 Å². The van der Waals surface area contributed by atoms with E-state index in [0.29, 0.717) is 6.61 Å². The fraction of sp³-hybridized carbons (Fsp3) is 0.766. The maximum atomic E-state index is 9.81. The van der Waals surface area contributed by atoms with Crippen LogP contribution in [0.2, 0.25) is 0 Å². The molecule has 1 fully saturated rings. The van der Waals surface area contributed by atoms with Gasteiger partial charge in [0.15, 0.2) is 0 Å². The van der Waals surface area contributed by atoms with Crippen LogP contribution in [0.25, 0.3) is 0 Å². The number of hydrogen-bond donors (Lipinski definition) is 5. The number of rotatable bonds is 47. The Morgan fingerprint density at radius 1 is 0.368 bits per heavy atom. The molecule has 0 bridgehead atoms. The molecule has 5 N–H and O–H groups in total. The second-order valence-electron chi connectivity index (χ2n) is 35.9. The van der Waals surface area contributed by atoms with Crippen molar-refractivity contribution in [1.82, 2.24) is 0 Å². The Kier molecular flexibility index (Phi) is 115. The number of ether oxygens (including phenoxy) is 5. The van der Waals surface area contributed by atoms with Gasteiger partial charge in [0.25, 0.3) is 0 Å². The van der Waals surface area contributed by atoms with E-state index in [9.17, 15) is 35.1 Å². The molecule has 0 amide bonds. The monoisotopic (exact) mass is 1900 g/mol. The molecule has 0 radical (unpaired) electrons. The van der Waals surface area contributed by atoms with Crippen LogP contribution in [0, 0.1) is 0 Å². The molecular weight excluding hydrogens is 1680 g/mol. The van der Waals surface area contributed by atoms with Crippen molar-refractivity contribution < 1.29 is 91.2 Å². The maximum Gasteiger partial charge on any atom is 1.00 e. The van der Waals surface area contributed by atoms with Crippen LogP contribution in [0.1, 0.15) is 485 Å². The van der Waals surface area contributed by atoms with Crippen molar-refractivity contribution >= 4 is 34.5 Å². The predicted molar refractivity (Wildman–Crippen MR) is 568 cm³/mol. The molecular formula is C111H220INaO12. The van der Waals surface area contributed by atoms with E-state index in [1.165, 1.54) is 76.8 Å². The summed E-state index contributed by atoms with van der Waals surface area (Å²) in [6.45, 7) is 93.2. The molecule has 1 rings (SSSR count). The molecule has 1 aliphatic rings. The fourth-order valence-electron chi connectivity index (χ4n) is 9.47. The van der Waals surface area contributed by atoms with Gasteiger partial charge in [-0.2, -0.15) is 0 Å². The van der Waals surface area contributed by atoms with Crippen LogP contribution in [-0.4, -0.2) is 114 Å². The molecule has 744 valence electrons. The zero-order valence-corrected chi connectivity index (χ0v) is 94.3. The van der Waals surface area contributed by atoms with E-state index in [-0.39, 0.29) is 56.6 Å². The zero-order chi connectivity index (χ0) is 98.6. The van der Waals surface area contributed by atoms with Crippen molar-refractivity contribution in [1.29, 1.82) is 0 Å². The fourth-order valence-corrected chi connectivity index (χ4v) is 9.47. The minimum Gasteiger partial charge on any atom is -1.00 e. The van der Waals surface area contributed by atoms with E-state index in [0.717, 1.165) is 230 Å². The number of alkyl halides is 1. The number of carbonyl (C=O) groups excluding carboxylic acids is 2. The second kappa shape index (κ2) is 95.8. The number of halogens is 1. The van der Waals surface area contributed by atoms with Gasteiger partial charge in [0.05, 0.1) is 51.6 Å². The van der Waals surface area contributed by atoms with Gasteiger partial charge in [-0.15, -0.1) is 13.2 Å². The van der Waals surface area contributed by atoms with Gasteiger partial charge in [-0.3, -0.25) is 9.59 Å². The van der Waals surface area contributed by atoms with Crippen molar-refractivity contribution in [2.45, 2.75) is 527 Å². The van der Waals surface area contributed by atoms with Crippen molar-refractivity contribution in [3.05, 3.63) is 142 Å². The molecule has 1 saturated heterocycles. The molecule has 0 aromatic carbocycles. The summed E-state index contributed by atoms with van der Waals surface area (Å²) in [5, 5.41) is 48.3. The third-order valence-corrected chi connectivity index (χ3v) is 22.8. The van der Waals surface area contributed by atoms with Crippen LogP contribution in [0.3, 0.4) is 0 Å². The molecule has 0 aromatic heterocycles. The molecule has 0 aliphatic carbocycles. The third kappa shape index (κ3) is 123. The largest absolute Gasteiger partial charge is 1.00 e. The Hall–Kier alpha value is -2.77. The quantitative estimate of drug-likeness (QED) is 0.00741. The summed E-state index contributed by atoms with van der Waals surface area (Å²) in [7, 11) is 1.81. The van der Waals surface area contributed by atoms with Gasteiger partial charge in [-0.25, -0.2) is 0 Å². The Morgan fingerprint density at radius 2 is 0.584 bits per heavy atom. The van der Waals surface area contributed by atoms with Crippen LogP contribution >= 0.6 is 22.6 Å². The van der Waals surface area contributed by atoms with Crippen LogP contribution < -0.4 is 29.6 Å². The van der Waals surface area contributed by atoms with E-state index in [1.807, 2.05) is 81.1 Å². The van der Waals surface area contributed by atoms with Gasteiger partial charge in [-0.05, 0) is 355 Å². The molecule has 0 saturated carbocycles.